The summed E-state index contributed by atoms with van der Waals surface area (Å²) in [6.45, 7) is 17.2. The molecule has 0 radical (unpaired) electrons. The Morgan fingerprint density at radius 3 is 0.837 bits per heavy atom. The van der Waals surface area contributed by atoms with Crippen molar-refractivity contribution in [3.63, 3.8) is 0 Å². The van der Waals surface area contributed by atoms with Crippen molar-refractivity contribution in [3.8, 4) is 66.8 Å². The summed E-state index contributed by atoms with van der Waals surface area (Å²) in [5.41, 5.74) is 29.2. The van der Waals surface area contributed by atoms with E-state index in [1.165, 1.54) is 128 Å². The first-order valence-electron chi connectivity index (χ1n) is 31.2. The first-order chi connectivity index (χ1) is 42.3. The van der Waals surface area contributed by atoms with Crippen LogP contribution in [-0.4, -0.2) is 0 Å². The van der Waals surface area contributed by atoms with Crippen molar-refractivity contribution in [3.05, 3.63) is 301 Å². The maximum Gasteiger partial charge on any atom is 0.0464 e. The molecule has 0 aliphatic heterocycles. The van der Waals surface area contributed by atoms with Crippen molar-refractivity contribution in [1.82, 2.24) is 0 Å². The molecule has 2 heteroatoms. The van der Waals surface area contributed by atoms with E-state index in [1.807, 2.05) is 12.2 Å². The Balaban J connectivity index is 0.982. The predicted molar refractivity (Wildman–Crippen MR) is 374 cm³/mol. The average molecular weight is 1120 g/mol. The molecule has 0 unspecified atom stereocenters. The Labute approximate surface area is 513 Å². The standard InChI is InChI=1S/C84H80N2/c1-7-11-13-17-27-73-59-84(82-56-54-80(58-62(82)6)86(76-47-39-70(40-48-76)66-25-21-16-22-26-66)78-51-43-72(44-52-78)68-35-31-64(10-4)32-36-68)74(28-18-14-12-8-2)60-83(73)81-55-53-79(57-61(81)5)85(75-45-37-69(38-46-75)65-23-19-15-20-24-65)77-49-41-71(42-50-77)67-33-29-63(9-3)30-34-67/h9-10,15-16,19-26,29-60H,3-4,7-8,11-14,17-18,27-28H2,1-2,5-6H3. The van der Waals surface area contributed by atoms with Crippen LogP contribution in [0.15, 0.2) is 268 Å². The van der Waals surface area contributed by atoms with Gasteiger partial charge in [0.15, 0.2) is 0 Å². The van der Waals surface area contributed by atoms with Crippen molar-refractivity contribution < 1.29 is 0 Å². The molecule has 0 heterocycles. The molecule has 426 valence electrons. The van der Waals surface area contributed by atoms with Crippen LogP contribution in [-0.2, 0) is 12.8 Å². The summed E-state index contributed by atoms with van der Waals surface area (Å²) in [4.78, 5) is 4.83. The lowest BCUT2D eigenvalue weighted by Gasteiger charge is -2.28. The first kappa shape index (κ1) is 58.3. The molecule has 11 aromatic carbocycles. The van der Waals surface area contributed by atoms with Crippen LogP contribution in [0, 0.1) is 13.8 Å². The summed E-state index contributed by atoms with van der Waals surface area (Å²) in [7, 11) is 0. The van der Waals surface area contributed by atoms with Gasteiger partial charge in [-0.1, -0.05) is 260 Å². The molecule has 2 nitrogen and oxygen atoms in total. The third-order valence-corrected chi connectivity index (χ3v) is 17.1. The summed E-state index contributed by atoms with van der Waals surface area (Å²) in [6.07, 6.45) is 15.5. The van der Waals surface area contributed by atoms with Gasteiger partial charge in [-0.3, -0.25) is 0 Å². The van der Waals surface area contributed by atoms with E-state index in [2.05, 4.69) is 305 Å². The number of anilines is 6. The lowest BCUT2D eigenvalue weighted by molar-refractivity contribution is 0.664. The fourth-order valence-electron chi connectivity index (χ4n) is 12.3. The fourth-order valence-corrected chi connectivity index (χ4v) is 12.3. The molecular formula is C84H80N2. The molecular weight excluding hydrogens is 1040 g/mol. The topological polar surface area (TPSA) is 6.48 Å². The second kappa shape index (κ2) is 27.9. The molecule has 0 atom stereocenters. The van der Waals surface area contributed by atoms with Crippen molar-refractivity contribution in [2.75, 3.05) is 9.80 Å². The van der Waals surface area contributed by atoms with Crippen molar-refractivity contribution >= 4 is 46.3 Å². The molecule has 0 N–H and O–H groups in total. The summed E-state index contributed by atoms with van der Waals surface area (Å²) in [5.74, 6) is 0. The normalized spacial score (nSPS) is 11.1. The van der Waals surface area contributed by atoms with E-state index in [0.717, 1.165) is 70.9 Å². The molecule has 11 aromatic rings. The van der Waals surface area contributed by atoms with E-state index in [-0.39, 0.29) is 0 Å². The minimum absolute atomic E-state index is 1.03. The first-order valence-corrected chi connectivity index (χ1v) is 31.2. The molecule has 0 aromatic heterocycles. The van der Waals surface area contributed by atoms with Crippen LogP contribution in [0.4, 0.5) is 34.1 Å². The second-order valence-corrected chi connectivity index (χ2v) is 23.0. The average Bonchev–Trinajstić information content (AvgIpc) is 3.01. The monoisotopic (exact) mass is 1120 g/mol. The van der Waals surface area contributed by atoms with Crippen molar-refractivity contribution in [1.29, 1.82) is 0 Å². The summed E-state index contributed by atoms with van der Waals surface area (Å²) < 4.78 is 0. The Hall–Kier alpha value is -9.50. The molecule has 86 heavy (non-hydrogen) atoms. The molecule has 0 fully saturated rings. The zero-order chi connectivity index (χ0) is 59.2. The number of hydrogen-bond donors (Lipinski definition) is 0. The lowest BCUT2D eigenvalue weighted by atomic mass is 9.84. The number of unbranched alkanes of at least 4 members (excludes halogenated alkanes) is 6. The SMILES string of the molecule is C=Cc1ccc(-c2ccc(N(c3ccc(-c4ccccc4)cc3)c3ccc(-c4cc(CCCCCC)c(-c5ccc(N(c6ccc(-c7ccccc7)cc6)c6ccc(-c7ccc(C=C)cc7)cc6)cc5C)cc4CCCCCC)c(C)c3)cc2)cc1. The number of nitrogens with zero attached hydrogens (tertiary/aromatic N) is 2. The number of hydrogen-bond acceptors (Lipinski definition) is 2. The number of rotatable bonds is 24. The van der Waals surface area contributed by atoms with Crippen LogP contribution in [0.25, 0.3) is 78.9 Å². The Bertz CT molecular complexity index is 3740. The van der Waals surface area contributed by atoms with Crippen LogP contribution < -0.4 is 9.80 Å². The minimum Gasteiger partial charge on any atom is -0.310 e. The van der Waals surface area contributed by atoms with E-state index in [0.29, 0.717) is 0 Å². The van der Waals surface area contributed by atoms with Gasteiger partial charge in [-0.2, -0.15) is 0 Å². The van der Waals surface area contributed by atoms with Gasteiger partial charge in [0, 0.05) is 34.1 Å². The van der Waals surface area contributed by atoms with Crippen LogP contribution >= 0.6 is 0 Å². The third kappa shape index (κ3) is 13.5. The summed E-state index contributed by atoms with van der Waals surface area (Å²) in [6, 6.07) is 94.2. The largest absolute Gasteiger partial charge is 0.310 e. The second-order valence-electron chi connectivity index (χ2n) is 23.0. The van der Waals surface area contributed by atoms with Crippen molar-refractivity contribution in [2.45, 2.75) is 91.9 Å². The number of benzene rings is 11. The molecule has 0 aliphatic rings. The van der Waals surface area contributed by atoms with E-state index < -0.39 is 0 Å². The van der Waals surface area contributed by atoms with Gasteiger partial charge in [-0.15, -0.1) is 0 Å². The summed E-state index contributed by atoms with van der Waals surface area (Å²) in [5, 5.41) is 0. The van der Waals surface area contributed by atoms with Crippen LogP contribution in [0.2, 0.25) is 0 Å². The van der Waals surface area contributed by atoms with Gasteiger partial charge < -0.3 is 9.80 Å². The van der Waals surface area contributed by atoms with Crippen LogP contribution in [0.1, 0.15) is 98.6 Å². The molecule has 0 amide bonds. The van der Waals surface area contributed by atoms with Gasteiger partial charge in [0.1, 0.15) is 0 Å². The van der Waals surface area contributed by atoms with Gasteiger partial charge in [-0.25, -0.2) is 0 Å². The predicted octanol–water partition coefficient (Wildman–Crippen LogP) is 24.8. The third-order valence-electron chi connectivity index (χ3n) is 17.1. The highest BCUT2D eigenvalue weighted by Gasteiger charge is 2.21. The van der Waals surface area contributed by atoms with Gasteiger partial charge in [0.05, 0.1) is 0 Å². The van der Waals surface area contributed by atoms with Crippen LogP contribution in [0.3, 0.4) is 0 Å². The fraction of sp³-hybridized carbons (Fsp3) is 0.167. The molecule has 0 spiro atoms. The Kier molecular flexibility index (Phi) is 18.9. The molecule has 0 bridgehead atoms. The quantitative estimate of drug-likeness (QED) is 0.0557. The maximum absolute atomic E-state index is 3.96. The van der Waals surface area contributed by atoms with Crippen molar-refractivity contribution in [2.24, 2.45) is 0 Å². The van der Waals surface area contributed by atoms with E-state index in [4.69, 9.17) is 0 Å². The molecule has 11 rings (SSSR count). The zero-order valence-corrected chi connectivity index (χ0v) is 50.8. The Morgan fingerprint density at radius 2 is 0.558 bits per heavy atom. The molecule has 0 aliphatic carbocycles. The molecule has 0 saturated heterocycles. The maximum atomic E-state index is 3.96. The number of aryl methyl sites for hydroxylation is 4. The highest BCUT2D eigenvalue weighted by Crippen LogP contribution is 2.44. The highest BCUT2D eigenvalue weighted by molar-refractivity contribution is 5.87. The van der Waals surface area contributed by atoms with Gasteiger partial charge >= 0.3 is 0 Å². The minimum atomic E-state index is 1.03. The van der Waals surface area contributed by atoms with Crippen LogP contribution in [0.5, 0.6) is 0 Å². The lowest BCUT2D eigenvalue weighted by Crippen LogP contribution is -2.10. The smallest absolute Gasteiger partial charge is 0.0464 e. The zero-order valence-electron chi connectivity index (χ0n) is 50.8. The van der Waals surface area contributed by atoms with Gasteiger partial charge in [0.25, 0.3) is 0 Å². The van der Waals surface area contributed by atoms with E-state index in [9.17, 15) is 0 Å². The summed E-state index contributed by atoms with van der Waals surface area (Å²) >= 11 is 0. The van der Waals surface area contributed by atoms with Gasteiger partial charge in [-0.05, 0) is 212 Å². The van der Waals surface area contributed by atoms with E-state index >= 15 is 0 Å². The molecule has 0 saturated carbocycles. The van der Waals surface area contributed by atoms with Gasteiger partial charge in [0.2, 0.25) is 0 Å². The van der Waals surface area contributed by atoms with E-state index in [1.54, 1.807) is 0 Å². The Morgan fingerprint density at radius 1 is 0.279 bits per heavy atom. The highest BCUT2D eigenvalue weighted by atomic mass is 15.1.